The number of likely N-dealkylation sites (tertiary alicyclic amines) is 1. The van der Waals surface area contributed by atoms with E-state index in [0.29, 0.717) is 23.3 Å². The Morgan fingerprint density at radius 1 is 1.18 bits per heavy atom. The van der Waals surface area contributed by atoms with Crippen molar-refractivity contribution in [2.45, 2.75) is 38.5 Å². The van der Waals surface area contributed by atoms with E-state index in [1.807, 2.05) is 36.0 Å². The fourth-order valence-electron chi connectivity index (χ4n) is 4.02. The number of carbonyl (C=O) groups is 1. The molecule has 0 saturated carbocycles. The van der Waals surface area contributed by atoms with Crippen molar-refractivity contribution in [2.75, 3.05) is 25.4 Å². The summed E-state index contributed by atoms with van der Waals surface area (Å²) in [7, 11) is 0. The Bertz CT molecular complexity index is 1060. The minimum Gasteiger partial charge on any atom is -0.356 e. The molecule has 6 nitrogen and oxygen atoms in total. The topological polar surface area (TPSA) is 71.3 Å². The van der Waals surface area contributed by atoms with E-state index in [1.54, 1.807) is 0 Å². The van der Waals surface area contributed by atoms with E-state index >= 15 is 0 Å². The highest BCUT2D eigenvalue weighted by atomic mass is 35.5. The lowest BCUT2D eigenvalue weighted by Crippen LogP contribution is -2.40. The van der Waals surface area contributed by atoms with Gasteiger partial charge >= 0.3 is 0 Å². The van der Waals surface area contributed by atoms with E-state index in [4.69, 9.17) is 16.1 Å². The number of nitrogens with one attached hydrogen (secondary N) is 1. The number of benzene rings is 2. The molecule has 1 aliphatic heterocycles. The molecule has 1 saturated heterocycles. The second-order valence-corrected chi connectivity index (χ2v) is 10.2. The van der Waals surface area contributed by atoms with Gasteiger partial charge in [-0.05, 0) is 62.7 Å². The van der Waals surface area contributed by atoms with Crippen molar-refractivity contribution in [1.29, 1.82) is 0 Å². The van der Waals surface area contributed by atoms with Crippen LogP contribution >= 0.6 is 23.4 Å². The molecule has 1 aliphatic rings. The molecule has 2 aromatic carbocycles. The first-order valence-electron chi connectivity index (χ1n) is 11.8. The van der Waals surface area contributed by atoms with Crippen LogP contribution in [0.2, 0.25) is 5.02 Å². The molecule has 1 aromatic heterocycles. The van der Waals surface area contributed by atoms with Crippen molar-refractivity contribution < 1.29 is 9.32 Å². The summed E-state index contributed by atoms with van der Waals surface area (Å²) in [5.74, 6) is 3.41. The first kappa shape index (κ1) is 24.8. The Hall–Kier alpha value is -2.35. The van der Waals surface area contributed by atoms with Gasteiger partial charge in [0, 0.05) is 23.8 Å². The van der Waals surface area contributed by atoms with Gasteiger partial charge in [-0.25, -0.2) is 0 Å². The number of carbonyl (C=O) groups excluding carboxylic acids is 1. The van der Waals surface area contributed by atoms with E-state index < -0.39 is 0 Å². The van der Waals surface area contributed by atoms with Gasteiger partial charge in [0.2, 0.25) is 17.6 Å². The van der Waals surface area contributed by atoms with Crippen molar-refractivity contribution in [3.63, 3.8) is 0 Å². The Morgan fingerprint density at radius 2 is 1.94 bits per heavy atom. The number of halogens is 1. The molecule has 0 atom stereocenters. The van der Waals surface area contributed by atoms with Gasteiger partial charge in [0.1, 0.15) is 0 Å². The van der Waals surface area contributed by atoms with E-state index in [1.165, 1.54) is 11.1 Å². The summed E-state index contributed by atoms with van der Waals surface area (Å²) in [5, 5.41) is 7.80. The summed E-state index contributed by atoms with van der Waals surface area (Å²) in [5.41, 5.74) is 3.41. The first-order valence-corrected chi connectivity index (χ1v) is 13.3. The van der Waals surface area contributed by atoms with E-state index in [0.717, 1.165) is 56.0 Å². The molecule has 180 valence electrons. The zero-order valence-electron chi connectivity index (χ0n) is 19.5. The fraction of sp³-hybridized carbons (Fsp3) is 0.423. The summed E-state index contributed by atoms with van der Waals surface area (Å²) in [6.45, 7) is 5.12. The Labute approximate surface area is 210 Å². The first-order chi connectivity index (χ1) is 16.6. The second kappa shape index (κ2) is 12.4. The van der Waals surface area contributed by atoms with Gasteiger partial charge in [0.05, 0.1) is 11.6 Å². The van der Waals surface area contributed by atoms with Gasteiger partial charge in [-0.2, -0.15) is 16.7 Å². The lowest BCUT2D eigenvalue weighted by molar-refractivity contribution is -0.126. The molecule has 1 N–H and O–H groups in total. The van der Waals surface area contributed by atoms with Gasteiger partial charge in [0.15, 0.2) is 0 Å². The van der Waals surface area contributed by atoms with Gasteiger partial charge in [0.25, 0.3) is 0 Å². The normalized spacial score (nSPS) is 14.9. The van der Waals surface area contributed by atoms with Crippen LogP contribution in [0.15, 0.2) is 53.1 Å². The molecule has 1 fully saturated rings. The molecule has 2 heterocycles. The van der Waals surface area contributed by atoms with Gasteiger partial charge in [-0.1, -0.05) is 58.7 Å². The number of aromatic nitrogens is 2. The molecule has 0 bridgehead atoms. The van der Waals surface area contributed by atoms with Crippen molar-refractivity contribution in [2.24, 2.45) is 5.92 Å². The number of thioether (sulfide) groups is 1. The highest BCUT2D eigenvalue weighted by Gasteiger charge is 2.26. The smallest absolute Gasteiger partial charge is 0.241 e. The highest BCUT2D eigenvalue weighted by Crippen LogP contribution is 2.25. The number of nitrogens with zero attached hydrogens (tertiary/aromatic N) is 3. The SMILES string of the molecule is Cc1ccc(CSCCCNC(=O)C2CCN(Cc3nc(-c4ccccc4Cl)no3)CC2)cc1. The zero-order valence-corrected chi connectivity index (χ0v) is 21.1. The molecule has 0 unspecified atom stereocenters. The number of amides is 1. The predicted octanol–water partition coefficient (Wildman–Crippen LogP) is 5.35. The van der Waals surface area contributed by atoms with Crippen molar-refractivity contribution in [3.05, 3.63) is 70.6 Å². The average Bonchev–Trinajstić information content (AvgIpc) is 3.31. The van der Waals surface area contributed by atoms with Gasteiger partial charge in [-0.3, -0.25) is 9.69 Å². The summed E-state index contributed by atoms with van der Waals surface area (Å²) in [4.78, 5) is 19.3. The van der Waals surface area contributed by atoms with Crippen LogP contribution in [0, 0.1) is 12.8 Å². The Kier molecular flexibility index (Phi) is 9.02. The number of rotatable bonds is 10. The number of hydrogen-bond acceptors (Lipinski definition) is 6. The monoisotopic (exact) mass is 498 g/mol. The quantitative estimate of drug-likeness (QED) is 0.380. The number of piperidine rings is 1. The summed E-state index contributed by atoms with van der Waals surface area (Å²) >= 11 is 8.14. The third-order valence-electron chi connectivity index (χ3n) is 6.05. The molecule has 4 rings (SSSR count). The largest absolute Gasteiger partial charge is 0.356 e. The maximum absolute atomic E-state index is 12.6. The maximum Gasteiger partial charge on any atom is 0.241 e. The second-order valence-electron chi connectivity index (χ2n) is 8.72. The lowest BCUT2D eigenvalue weighted by atomic mass is 9.96. The van der Waals surface area contributed by atoms with Crippen molar-refractivity contribution in [3.8, 4) is 11.4 Å². The average molecular weight is 499 g/mol. The summed E-state index contributed by atoms with van der Waals surface area (Å²) in [6.07, 6.45) is 2.69. The van der Waals surface area contributed by atoms with Crippen molar-refractivity contribution in [1.82, 2.24) is 20.4 Å². The minimum absolute atomic E-state index is 0.0813. The maximum atomic E-state index is 12.6. The summed E-state index contributed by atoms with van der Waals surface area (Å²) < 4.78 is 5.43. The third-order valence-corrected chi connectivity index (χ3v) is 7.50. The third kappa shape index (κ3) is 7.08. The van der Waals surface area contributed by atoms with Crippen LogP contribution in [0.1, 0.15) is 36.3 Å². The number of aryl methyl sites for hydroxylation is 1. The highest BCUT2D eigenvalue weighted by molar-refractivity contribution is 7.98. The van der Waals surface area contributed by atoms with Crippen LogP contribution in [0.3, 0.4) is 0 Å². The molecule has 3 aromatic rings. The van der Waals surface area contributed by atoms with Crippen molar-refractivity contribution >= 4 is 29.3 Å². The molecular formula is C26H31ClN4O2S. The van der Waals surface area contributed by atoms with E-state index in [-0.39, 0.29) is 11.8 Å². The zero-order chi connectivity index (χ0) is 23.8. The Balaban J connectivity index is 1.11. The molecule has 0 spiro atoms. The minimum atomic E-state index is 0.0813. The molecule has 0 radical (unpaired) electrons. The number of hydrogen-bond donors (Lipinski definition) is 1. The van der Waals surface area contributed by atoms with Crippen LogP contribution in [0.4, 0.5) is 0 Å². The molecular weight excluding hydrogens is 468 g/mol. The van der Waals surface area contributed by atoms with Crippen LogP contribution < -0.4 is 5.32 Å². The van der Waals surface area contributed by atoms with E-state index in [2.05, 4.69) is 51.5 Å². The Morgan fingerprint density at radius 3 is 2.71 bits per heavy atom. The van der Waals surface area contributed by atoms with Crippen LogP contribution in [0.25, 0.3) is 11.4 Å². The van der Waals surface area contributed by atoms with Gasteiger partial charge < -0.3 is 9.84 Å². The standard InChI is InChI=1S/C26H31ClN4O2S/c1-19-7-9-20(10-8-19)18-34-16-4-13-28-26(32)21-11-14-31(15-12-21)17-24-29-25(30-33-24)22-5-2-3-6-23(22)27/h2-3,5-10,21H,4,11-18H2,1H3,(H,28,32). The van der Waals surface area contributed by atoms with Crippen LogP contribution in [0.5, 0.6) is 0 Å². The molecule has 8 heteroatoms. The fourth-order valence-corrected chi connectivity index (χ4v) is 5.16. The molecule has 34 heavy (non-hydrogen) atoms. The lowest BCUT2D eigenvalue weighted by Gasteiger charge is -2.30. The van der Waals surface area contributed by atoms with Crippen LogP contribution in [-0.2, 0) is 17.1 Å². The van der Waals surface area contributed by atoms with Crippen LogP contribution in [-0.4, -0.2) is 46.3 Å². The van der Waals surface area contributed by atoms with E-state index in [9.17, 15) is 4.79 Å². The summed E-state index contributed by atoms with van der Waals surface area (Å²) in [6, 6.07) is 16.1. The molecule has 0 aliphatic carbocycles. The van der Waals surface area contributed by atoms with Gasteiger partial charge in [-0.15, -0.1) is 0 Å². The predicted molar refractivity (Wildman–Crippen MR) is 138 cm³/mol. The molecule has 1 amide bonds.